The lowest BCUT2D eigenvalue weighted by Gasteiger charge is -2.22. The minimum Gasteiger partial charge on any atom is -0.350 e. The van der Waals surface area contributed by atoms with Crippen molar-refractivity contribution in [1.82, 2.24) is 5.32 Å². The van der Waals surface area contributed by atoms with E-state index in [4.69, 9.17) is 0 Å². The first-order chi connectivity index (χ1) is 14.8. The number of sulfonamides is 1. The number of nitro benzene ring substituents is 1. The molecule has 12 heteroatoms. The first kappa shape index (κ1) is 25.3. The summed E-state index contributed by atoms with van der Waals surface area (Å²) in [6, 6.07) is 11.1. The van der Waals surface area contributed by atoms with Crippen LogP contribution in [-0.2, 0) is 24.7 Å². The van der Waals surface area contributed by atoms with E-state index in [0.717, 1.165) is 22.4 Å². The van der Waals surface area contributed by atoms with Gasteiger partial charge in [0.05, 0.1) is 27.8 Å². The second-order valence-corrected chi connectivity index (χ2v) is 11.3. The van der Waals surface area contributed by atoms with Crippen LogP contribution in [0.3, 0.4) is 0 Å². The molecule has 0 spiro atoms. The molecule has 0 aliphatic rings. The van der Waals surface area contributed by atoms with Crippen molar-refractivity contribution in [2.45, 2.75) is 30.7 Å². The molecule has 1 N–H and O–H groups in total. The van der Waals surface area contributed by atoms with Gasteiger partial charge in [0.1, 0.15) is 0 Å². The Hall–Kier alpha value is -2.99. The molecule has 0 fully saturated rings. The van der Waals surface area contributed by atoms with Crippen molar-refractivity contribution in [2.24, 2.45) is 0 Å². The third-order valence-corrected chi connectivity index (χ3v) is 7.00. The van der Waals surface area contributed by atoms with E-state index in [1.54, 1.807) is 19.1 Å². The third-order valence-electron chi connectivity index (χ3n) is 4.68. The van der Waals surface area contributed by atoms with Gasteiger partial charge >= 0.3 is 0 Å². The number of rotatable bonds is 10. The molecule has 0 saturated heterocycles. The highest BCUT2D eigenvalue weighted by atomic mass is 32.2. The molecule has 0 radical (unpaired) electrons. The van der Waals surface area contributed by atoms with Crippen molar-refractivity contribution in [2.75, 3.05) is 23.4 Å². The van der Waals surface area contributed by atoms with Crippen molar-refractivity contribution in [3.8, 4) is 0 Å². The zero-order valence-electron chi connectivity index (χ0n) is 17.9. The highest BCUT2D eigenvalue weighted by Gasteiger charge is 2.20. The number of nitrogens with zero attached hydrogens (tertiary/aromatic N) is 2. The fourth-order valence-corrected chi connectivity index (χ4v) is 4.62. The smallest absolute Gasteiger partial charge is 0.271 e. The number of nitrogens with one attached hydrogen (secondary N) is 1. The molecule has 1 amide bonds. The van der Waals surface area contributed by atoms with Gasteiger partial charge in [-0.1, -0.05) is 18.2 Å². The summed E-state index contributed by atoms with van der Waals surface area (Å²) < 4.78 is 48.4. The highest BCUT2D eigenvalue weighted by molar-refractivity contribution is 7.92. The van der Waals surface area contributed by atoms with Crippen molar-refractivity contribution >= 4 is 37.1 Å². The summed E-state index contributed by atoms with van der Waals surface area (Å²) in [7, 11) is -7.02. The number of nitro groups is 1. The summed E-state index contributed by atoms with van der Waals surface area (Å²) in [6.07, 6.45) is 2.34. The molecule has 32 heavy (non-hydrogen) atoms. The van der Waals surface area contributed by atoms with Crippen LogP contribution in [0.2, 0.25) is 0 Å². The van der Waals surface area contributed by atoms with E-state index < -0.39 is 24.8 Å². The second kappa shape index (κ2) is 10.1. The number of amides is 1. The minimum atomic E-state index is -3.71. The number of hydrogen-bond donors (Lipinski definition) is 1. The monoisotopic (exact) mass is 483 g/mol. The van der Waals surface area contributed by atoms with Gasteiger partial charge < -0.3 is 5.32 Å². The Bertz CT molecular complexity index is 1190. The minimum absolute atomic E-state index is 0.0230. The Labute approximate surface area is 187 Å². The maximum absolute atomic E-state index is 12.3. The van der Waals surface area contributed by atoms with E-state index in [0.29, 0.717) is 0 Å². The van der Waals surface area contributed by atoms with E-state index in [-0.39, 0.29) is 47.6 Å². The van der Waals surface area contributed by atoms with E-state index in [9.17, 15) is 31.7 Å². The molecule has 10 nitrogen and oxygen atoms in total. The van der Waals surface area contributed by atoms with Gasteiger partial charge in [0.25, 0.3) is 5.69 Å². The largest absolute Gasteiger partial charge is 0.350 e. The maximum atomic E-state index is 12.3. The van der Waals surface area contributed by atoms with Gasteiger partial charge in [0, 0.05) is 31.4 Å². The SMILES string of the molecule is C[C@@H](NC(=O)CCCN(c1cccc([N+](=O)[O-])c1)S(C)(=O)=O)c1ccc(S(C)(=O)=O)cc1. The summed E-state index contributed by atoms with van der Waals surface area (Å²) in [5.41, 5.74) is 0.645. The van der Waals surface area contributed by atoms with Crippen molar-refractivity contribution in [3.63, 3.8) is 0 Å². The second-order valence-electron chi connectivity index (χ2n) is 7.35. The zero-order valence-corrected chi connectivity index (χ0v) is 19.5. The van der Waals surface area contributed by atoms with Crippen molar-refractivity contribution < 1.29 is 26.6 Å². The average molecular weight is 484 g/mol. The summed E-state index contributed by atoms with van der Waals surface area (Å²) in [5.74, 6) is -0.308. The standard InChI is InChI=1S/C20H25N3O7S2/c1-15(16-9-11-19(12-10-16)31(2,27)28)21-20(24)8-5-13-22(32(3,29)30)17-6-4-7-18(14-17)23(25)26/h4,6-7,9-12,14-15H,5,8,13H2,1-3H3,(H,21,24)/t15-/m1/s1. The maximum Gasteiger partial charge on any atom is 0.271 e. The number of anilines is 1. The van der Waals surface area contributed by atoms with Crippen LogP contribution in [-0.4, -0.2) is 46.7 Å². The Morgan fingerprint density at radius 2 is 1.72 bits per heavy atom. The molecular formula is C20H25N3O7S2. The summed E-state index contributed by atoms with van der Waals surface area (Å²) in [4.78, 5) is 22.8. The van der Waals surface area contributed by atoms with Gasteiger partial charge in [-0.3, -0.25) is 19.2 Å². The lowest BCUT2D eigenvalue weighted by Crippen LogP contribution is -2.32. The third kappa shape index (κ3) is 7.02. The summed E-state index contributed by atoms with van der Waals surface area (Å²) in [5, 5.41) is 13.8. The van der Waals surface area contributed by atoms with Crippen molar-refractivity contribution in [1.29, 1.82) is 0 Å². The zero-order chi connectivity index (χ0) is 24.1. The molecular weight excluding hydrogens is 458 g/mol. The van der Waals surface area contributed by atoms with Crippen LogP contribution in [0.1, 0.15) is 31.4 Å². The molecule has 1 atom stereocenters. The molecule has 0 saturated carbocycles. The first-order valence-electron chi connectivity index (χ1n) is 9.60. The number of carbonyl (C=O) groups is 1. The number of carbonyl (C=O) groups excluding carboxylic acids is 1. The van der Waals surface area contributed by atoms with E-state index >= 15 is 0 Å². The van der Waals surface area contributed by atoms with Crippen LogP contribution in [0, 0.1) is 10.1 Å². The van der Waals surface area contributed by atoms with Gasteiger partial charge in [0.2, 0.25) is 15.9 Å². The predicted octanol–water partition coefficient (Wildman–Crippen LogP) is 2.42. The molecule has 2 rings (SSSR count). The Morgan fingerprint density at radius 1 is 1.09 bits per heavy atom. The van der Waals surface area contributed by atoms with Gasteiger partial charge in [-0.25, -0.2) is 16.8 Å². The topological polar surface area (TPSA) is 144 Å². The van der Waals surface area contributed by atoms with Crippen molar-refractivity contribution in [3.05, 3.63) is 64.2 Å². The molecule has 0 bridgehead atoms. The number of non-ortho nitro benzene ring substituents is 1. The molecule has 0 aliphatic heterocycles. The van der Waals surface area contributed by atoms with Crippen LogP contribution >= 0.6 is 0 Å². The normalized spacial score (nSPS) is 12.7. The molecule has 0 unspecified atom stereocenters. The highest BCUT2D eigenvalue weighted by Crippen LogP contribution is 2.23. The Kier molecular flexibility index (Phi) is 7.97. The van der Waals surface area contributed by atoms with Crippen LogP contribution in [0.5, 0.6) is 0 Å². The Balaban J connectivity index is 1.99. The lowest BCUT2D eigenvalue weighted by molar-refractivity contribution is -0.384. The number of benzene rings is 2. The fourth-order valence-electron chi connectivity index (χ4n) is 3.03. The molecule has 0 heterocycles. The molecule has 174 valence electrons. The number of sulfone groups is 1. The molecule has 0 aromatic heterocycles. The van der Waals surface area contributed by atoms with Crippen LogP contribution < -0.4 is 9.62 Å². The summed E-state index contributed by atoms with van der Waals surface area (Å²) in [6.45, 7) is 1.73. The van der Waals surface area contributed by atoms with Gasteiger partial charge in [0.15, 0.2) is 9.84 Å². The van der Waals surface area contributed by atoms with Crippen LogP contribution in [0.15, 0.2) is 53.4 Å². The van der Waals surface area contributed by atoms with Gasteiger partial charge in [-0.05, 0) is 37.1 Å². The lowest BCUT2D eigenvalue weighted by atomic mass is 10.1. The molecule has 0 aliphatic carbocycles. The van der Waals surface area contributed by atoms with E-state index in [1.165, 1.54) is 36.4 Å². The molecule has 2 aromatic carbocycles. The molecule has 2 aromatic rings. The number of hydrogen-bond acceptors (Lipinski definition) is 7. The Morgan fingerprint density at radius 3 is 2.25 bits per heavy atom. The van der Waals surface area contributed by atoms with Crippen LogP contribution in [0.4, 0.5) is 11.4 Å². The summed E-state index contributed by atoms with van der Waals surface area (Å²) >= 11 is 0. The van der Waals surface area contributed by atoms with E-state index in [2.05, 4.69) is 5.32 Å². The quantitative estimate of drug-likeness (QED) is 0.404. The van der Waals surface area contributed by atoms with E-state index in [1.807, 2.05) is 0 Å². The predicted molar refractivity (Wildman–Crippen MR) is 121 cm³/mol. The van der Waals surface area contributed by atoms with Crippen LogP contribution in [0.25, 0.3) is 0 Å². The van der Waals surface area contributed by atoms with Gasteiger partial charge in [-0.15, -0.1) is 0 Å². The fraction of sp³-hybridized carbons (Fsp3) is 0.350. The first-order valence-corrected chi connectivity index (χ1v) is 13.3. The van der Waals surface area contributed by atoms with Gasteiger partial charge in [-0.2, -0.15) is 0 Å². The average Bonchev–Trinajstić information content (AvgIpc) is 2.69.